The quantitative estimate of drug-likeness (QED) is 0.0650. The van der Waals surface area contributed by atoms with Crippen LogP contribution in [0.1, 0.15) is 107 Å². The zero-order chi connectivity index (χ0) is 39.6. The van der Waals surface area contributed by atoms with Gasteiger partial charge in [-0.15, -0.1) is 11.8 Å². The van der Waals surface area contributed by atoms with Crippen LogP contribution in [0.15, 0.2) is 30.3 Å². The van der Waals surface area contributed by atoms with Crippen LogP contribution < -0.4 is 21.3 Å². The van der Waals surface area contributed by atoms with E-state index in [9.17, 15) is 24.0 Å². The van der Waals surface area contributed by atoms with Crippen molar-refractivity contribution in [1.29, 1.82) is 0 Å². The van der Waals surface area contributed by atoms with E-state index in [2.05, 4.69) is 42.0 Å². The molecule has 1 saturated heterocycles. The van der Waals surface area contributed by atoms with Crippen molar-refractivity contribution < 1.29 is 33.8 Å². The summed E-state index contributed by atoms with van der Waals surface area (Å²) >= 11 is 3.03. The summed E-state index contributed by atoms with van der Waals surface area (Å²) in [5.41, 5.74) is -0.309. The minimum absolute atomic E-state index is 0.000297. The maximum absolute atomic E-state index is 13.3. The summed E-state index contributed by atoms with van der Waals surface area (Å²) in [6.45, 7) is 16.7. The first-order valence-corrected chi connectivity index (χ1v) is 20.8. The second-order valence-electron chi connectivity index (χ2n) is 13.1. The van der Waals surface area contributed by atoms with E-state index in [1.54, 1.807) is 40.9 Å². The molecular formula is C38H67N5O7S2. The van der Waals surface area contributed by atoms with E-state index in [4.69, 9.17) is 9.84 Å². The molecule has 1 heterocycles. The zero-order valence-corrected chi connectivity index (χ0v) is 34.7. The van der Waals surface area contributed by atoms with Gasteiger partial charge in [-0.2, -0.15) is 11.8 Å². The van der Waals surface area contributed by atoms with Crippen LogP contribution in [0.2, 0.25) is 0 Å². The fourth-order valence-electron chi connectivity index (χ4n) is 5.82. The van der Waals surface area contributed by atoms with Crippen molar-refractivity contribution >= 4 is 53.6 Å². The fourth-order valence-corrected chi connectivity index (χ4v) is 7.48. The van der Waals surface area contributed by atoms with E-state index >= 15 is 0 Å². The Morgan fingerprint density at radius 2 is 1.63 bits per heavy atom. The Bertz CT molecular complexity index is 1160. The van der Waals surface area contributed by atoms with Crippen LogP contribution in [0.25, 0.3) is 0 Å². The average Bonchev–Trinajstić information content (AvgIpc) is 3.64. The van der Waals surface area contributed by atoms with E-state index in [0.717, 1.165) is 38.5 Å². The van der Waals surface area contributed by atoms with Gasteiger partial charge in [-0.1, -0.05) is 85.9 Å². The van der Waals surface area contributed by atoms with Crippen LogP contribution >= 0.6 is 23.5 Å². The van der Waals surface area contributed by atoms with Crippen molar-refractivity contribution in [2.45, 2.75) is 135 Å². The number of carbonyl (C=O) groups excluding carboxylic acids is 5. The van der Waals surface area contributed by atoms with Gasteiger partial charge in [0.1, 0.15) is 23.9 Å². The third-order valence-electron chi connectivity index (χ3n) is 8.26. The summed E-state index contributed by atoms with van der Waals surface area (Å²) in [4.78, 5) is 63.2. The van der Waals surface area contributed by atoms with Crippen LogP contribution in [0, 0.1) is 0 Å². The lowest BCUT2D eigenvalue weighted by Gasteiger charge is -2.41. The van der Waals surface area contributed by atoms with E-state index in [1.165, 1.54) is 25.8 Å². The number of esters is 1. The lowest BCUT2D eigenvalue weighted by molar-refractivity contribution is -0.143. The van der Waals surface area contributed by atoms with E-state index in [0.29, 0.717) is 49.7 Å². The van der Waals surface area contributed by atoms with Gasteiger partial charge in [-0.25, -0.2) is 0 Å². The van der Waals surface area contributed by atoms with Gasteiger partial charge < -0.3 is 30.7 Å². The van der Waals surface area contributed by atoms with Crippen molar-refractivity contribution in [3.63, 3.8) is 0 Å². The topological polar surface area (TPSA) is 166 Å². The van der Waals surface area contributed by atoms with Crippen molar-refractivity contribution in [2.24, 2.45) is 0 Å². The van der Waals surface area contributed by atoms with Crippen LogP contribution in [0.3, 0.4) is 0 Å². The normalized spacial score (nSPS) is 17.2. The number of carbonyl (C=O) groups is 5. The number of phenols is 1. The Morgan fingerprint density at radius 1 is 1.00 bits per heavy atom. The van der Waals surface area contributed by atoms with Crippen LogP contribution in [-0.4, -0.2) is 106 Å². The number of ether oxygens (including phenoxy) is 1. The summed E-state index contributed by atoms with van der Waals surface area (Å²) in [5.74, 6) is 0.373. The number of rotatable bonds is 16. The van der Waals surface area contributed by atoms with Gasteiger partial charge in [0.25, 0.3) is 0 Å². The number of benzene rings is 1. The molecule has 52 heavy (non-hydrogen) atoms. The molecular weight excluding hydrogens is 703 g/mol. The van der Waals surface area contributed by atoms with Crippen LogP contribution in [-0.2, 0) is 28.7 Å². The Balaban J connectivity index is 0.00000205. The number of nitrogens with zero attached hydrogens (tertiary/aromatic N) is 1. The van der Waals surface area contributed by atoms with Gasteiger partial charge in [0.2, 0.25) is 24.1 Å². The molecule has 1 aromatic carbocycles. The van der Waals surface area contributed by atoms with Gasteiger partial charge in [0.05, 0.1) is 13.0 Å². The van der Waals surface area contributed by atoms with E-state index < -0.39 is 18.1 Å². The van der Waals surface area contributed by atoms with Gasteiger partial charge in [0, 0.05) is 41.8 Å². The minimum Gasteiger partial charge on any atom is -0.508 e. The van der Waals surface area contributed by atoms with Gasteiger partial charge in [-0.05, 0) is 44.2 Å². The molecule has 1 aliphatic heterocycles. The fraction of sp³-hybridized carbons (Fsp3) is 0.711. The molecule has 3 atom stereocenters. The summed E-state index contributed by atoms with van der Waals surface area (Å²) in [6, 6.07) is 6.85. The highest BCUT2D eigenvalue weighted by molar-refractivity contribution is 8.00. The molecule has 1 saturated carbocycles. The molecule has 0 bridgehead atoms. The van der Waals surface area contributed by atoms with Crippen molar-refractivity contribution in [2.75, 3.05) is 37.6 Å². The van der Waals surface area contributed by atoms with Gasteiger partial charge in [-0.3, -0.25) is 29.3 Å². The third-order valence-corrected chi connectivity index (χ3v) is 10.6. The highest BCUT2D eigenvalue weighted by Crippen LogP contribution is 2.33. The molecule has 2 fully saturated rings. The lowest BCUT2D eigenvalue weighted by Crippen LogP contribution is -2.57. The van der Waals surface area contributed by atoms with Gasteiger partial charge >= 0.3 is 5.97 Å². The number of hydrogen-bond donors (Lipinski definition) is 5. The summed E-state index contributed by atoms with van der Waals surface area (Å²) in [5, 5.41) is 20.7. The number of amides is 4. The molecule has 0 aromatic heterocycles. The molecule has 1 aliphatic carbocycles. The van der Waals surface area contributed by atoms with E-state index in [-0.39, 0.29) is 39.7 Å². The second kappa shape index (κ2) is 27.6. The summed E-state index contributed by atoms with van der Waals surface area (Å²) < 4.78 is 5.12. The van der Waals surface area contributed by atoms with Crippen LogP contribution in [0.5, 0.6) is 5.75 Å². The number of phenolic OH excluding ortho intramolecular Hbond substituents is 1. The number of nitrogens with one attached hydrogen (secondary N) is 4. The summed E-state index contributed by atoms with van der Waals surface area (Å²) in [7, 11) is 1.41. The Morgan fingerprint density at radius 3 is 2.15 bits per heavy atom. The number of likely N-dealkylation sites (tertiary alicyclic amines) is 1. The number of methoxy groups -OCH3 is 1. The van der Waals surface area contributed by atoms with E-state index in [1.807, 2.05) is 33.8 Å². The Kier molecular flexibility index (Phi) is 26.0. The first-order valence-electron chi connectivity index (χ1n) is 18.6. The molecule has 3 unspecified atom stereocenters. The first kappa shape index (κ1) is 49.0. The maximum atomic E-state index is 13.3. The molecule has 1 aromatic rings. The van der Waals surface area contributed by atoms with Crippen LogP contribution in [0.4, 0.5) is 0 Å². The molecule has 4 amide bonds. The molecule has 12 nitrogen and oxygen atoms in total. The number of aromatic hydroxyl groups is 1. The third kappa shape index (κ3) is 19.8. The molecule has 3 rings (SSSR count). The monoisotopic (exact) mass is 769 g/mol. The standard InChI is InChI=1S/C28H49N5O6S2.C6H6O.2C2H6/c1-20(35)33-15-9-10-23(33)25(37)31-21(16-40-19-29-18-34)24(36)30-14-13-28(11-7-6-8-12-28)32-22(26(38)39-5)17-41-27(2,3)4;7-6-4-2-1-3-5-6;2*1-2/h18,21-23,32H,6-17,19H2,1-5H3,(H,29,34)(H,30,36)(H,31,37);1-5,7H;2*1-2H3. The smallest absolute Gasteiger partial charge is 0.323 e. The molecule has 0 radical (unpaired) electrons. The molecule has 298 valence electrons. The van der Waals surface area contributed by atoms with Crippen molar-refractivity contribution in [1.82, 2.24) is 26.2 Å². The maximum Gasteiger partial charge on any atom is 0.323 e. The number of hydrogen-bond acceptors (Lipinski definition) is 10. The Labute approximate surface area is 321 Å². The number of thioether (sulfide) groups is 2. The predicted octanol–water partition coefficient (Wildman–Crippen LogP) is 5.24. The molecule has 2 aliphatic rings. The minimum atomic E-state index is -0.823. The molecule has 5 N–H and O–H groups in total. The molecule has 0 spiro atoms. The second-order valence-corrected chi connectivity index (χ2v) is 16.0. The molecule has 14 heteroatoms. The zero-order valence-electron chi connectivity index (χ0n) is 33.0. The largest absolute Gasteiger partial charge is 0.508 e. The SMILES string of the molecule is CC.CC.COC(=O)C(CSC(C)(C)C)NC1(CCNC(=O)C(CSCNC=O)NC(=O)C2CCCN2C(C)=O)CCCCC1.Oc1ccccc1. The van der Waals surface area contributed by atoms with Gasteiger partial charge in [0.15, 0.2) is 0 Å². The average molecular weight is 770 g/mol. The highest BCUT2D eigenvalue weighted by atomic mass is 32.2. The highest BCUT2D eigenvalue weighted by Gasteiger charge is 2.38. The van der Waals surface area contributed by atoms with Crippen molar-refractivity contribution in [3.8, 4) is 5.75 Å². The number of para-hydroxylation sites is 1. The lowest BCUT2D eigenvalue weighted by atomic mass is 9.78. The summed E-state index contributed by atoms with van der Waals surface area (Å²) in [6.07, 6.45) is 7.51. The van der Waals surface area contributed by atoms with Crippen molar-refractivity contribution in [3.05, 3.63) is 30.3 Å². The first-order chi connectivity index (χ1) is 24.8. The predicted molar refractivity (Wildman–Crippen MR) is 214 cm³/mol. The Hall–Kier alpha value is -2.97.